The van der Waals surface area contributed by atoms with Crippen molar-refractivity contribution in [1.82, 2.24) is 0 Å². The number of carbonyl (C=O) groups is 1. The second kappa shape index (κ2) is 5.63. The van der Waals surface area contributed by atoms with Gasteiger partial charge in [0.25, 0.3) is 0 Å². The summed E-state index contributed by atoms with van der Waals surface area (Å²) in [5.74, 6) is -0.161. The van der Waals surface area contributed by atoms with E-state index in [9.17, 15) is 15.0 Å². The predicted molar refractivity (Wildman–Crippen MR) is 71.3 cm³/mol. The van der Waals surface area contributed by atoms with E-state index in [4.69, 9.17) is 4.74 Å². The molecule has 2 aliphatic rings. The molecule has 2 N–H and O–H groups in total. The molecule has 0 bridgehead atoms. The Kier molecular flexibility index (Phi) is 4.31. The van der Waals surface area contributed by atoms with Gasteiger partial charge in [-0.25, -0.2) is 0 Å². The van der Waals surface area contributed by atoms with E-state index in [1.165, 1.54) is 0 Å². The summed E-state index contributed by atoms with van der Waals surface area (Å²) in [6, 6.07) is 0. The number of ether oxygens (including phenoxy) is 1. The van der Waals surface area contributed by atoms with Crippen LogP contribution >= 0.6 is 0 Å². The van der Waals surface area contributed by atoms with Crippen molar-refractivity contribution < 1.29 is 19.7 Å². The van der Waals surface area contributed by atoms with E-state index in [1.54, 1.807) is 6.92 Å². The third-order valence-corrected chi connectivity index (χ3v) is 4.59. The van der Waals surface area contributed by atoms with Gasteiger partial charge in [0.05, 0.1) is 18.1 Å². The third kappa shape index (κ3) is 3.00. The monoisotopic (exact) mass is 268 g/mol. The van der Waals surface area contributed by atoms with E-state index in [-0.39, 0.29) is 35.9 Å². The van der Waals surface area contributed by atoms with Crippen LogP contribution in [0.15, 0.2) is 11.6 Å². The maximum absolute atomic E-state index is 11.6. The first-order valence-corrected chi connectivity index (χ1v) is 7.17. The second-order valence-corrected chi connectivity index (χ2v) is 6.08. The van der Waals surface area contributed by atoms with Crippen molar-refractivity contribution in [2.24, 2.45) is 17.8 Å². The molecule has 1 aliphatic carbocycles. The SMILES string of the molecule is C[C@H](O)CCC1=C[C@@H]2OC(=O)[C@@H](C)[C@@H]2C[C@@H](O)[C@@H]1C. The van der Waals surface area contributed by atoms with Crippen LogP contribution in [0.25, 0.3) is 0 Å². The Morgan fingerprint density at radius 1 is 1.42 bits per heavy atom. The molecule has 1 aliphatic heterocycles. The number of aliphatic hydroxyl groups excluding tert-OH is 2. The van der Waals surface area contributed by atoms with Gasteiger partial charge in [-0.3, -0.25) is 4.79 Å². The second-order valence-electron chi connectivity index (χ2n) is 6.08. The van der Waals surface area contributed by atoms with Gasteiger partial charge in [-0.15, -0.1) is 0 Å². The summed E-state index contributed by atoms with van der Waals surface area (Å²) >= 11 is 0. The van der Waals surface area contributed by atoms with Gasteiger partial charge in [0, 0.05) is 11.8 Å². The van der Waals surface area contributed by atoms with Crippen LogP contribution in [0.5, 0.6) is 0 Å². The maximum atomic E-state index is 11.6. The standard InChI is InChI=1S/C15H24O4/c1-8(16)4-5-11-6-14-12(7-13(17)9(11)2)10(3)15(18)19-14/h6,8-10,12-14,16-17H,4-5,7H2,1-3H3/t8-,9+,10-,12-,13+,14-/m0/s1. The Morgan fingerprint density at radius 3 is 2.74 bits per heavy atom. The summed E-state index contributed by atoms with van der Waals surface area (Å²) in [7, 11) is 0. The van der Waals surface area contributed by atoms with E-state index in [0.29, 0.717) is 12.8 Å². The van der Waals surface area contributed by atoms with E-state index < -0.39 is 6.10 Å². The highest BCUT2D eigenvalue weighted by Crippen LogP contribution is 2.39. The minimum absolute atomic E-state index is 0.0650. The average Bonchev–Trinajstić information content (AvgIpc) is 2.53. The largest absolute Gasteiger partial charge is 0.458 e. The molecule has 4 nitrogen and oxygen atoms in total. The van der Waals surface area contributed by atoms with Gasteiger partial charge in [0.1, 0.15) is 6.10 Å². The first-order valence-electron chi connectivity index (χ1n) is 7.17. The Hall–Kier alpha value is -0.870. The Bertz CT molecular complexity index is 374. The molecule has 0 radical (unpaired) electrons. The molecule has 1 fully saturated rings. The number of carbonyl (C=O) groups excluding carboxylic acids is 1. The van der Waals surface area contributed by atoms with Crippen molar-refractivity contribution in [3.8, 4) is 0 Å². The summed E-state index contributed by atoms with van der Waals surface area (Å²) in [5.41, 5.74) is 1.10. The fraction of sp³-hybridized carbons (Fsp3) is 0.800. The van der Waals surface area contributed by atoms with Gasteiger partial charge in [-0.05, 0) is 32.3 Å². The molecule has 0 aromatic carbocycles. The van der Waals surface area contributed by atoms with Gasteiger partial charge in [0.15, 0.2) is 0 Å². The lowest BCUT2D eigenvalue weighted by Crippen LogP contribution is -2.25. The Labute approximate surface area is 114 Å². The Balaban J connectivity index is 2.18. The number of esters is 1. The molecule has 19 heavy (non-hydrogen) atoms. The minimum Gasteiger partial charge on any atom is -0.458 e. The highest BCUT2D eigenvalue weighted by Gasteiger charge is 2.44. The van der Waals surface area contributed by atoms with Crippen molar-refractivity contribution in [2.75, 3.05) is 0 Å². The van der Waals surface area contributed by atoms with E-state index >= 15 is 0 Å². The smallest absolute Gasteiger partial charge is 0.309 e. The predicted octanol–water partition coefficient (Wildman–Crippen LogP) is 1.65. The first kappa shape index (κ1) is 14.5. The zero-order valence-electron chi connectivity index (χ0n) is 11.9. The van der Waals surface area contributed by atoms with Crippen molar-refractivity contribution in [1.29, 1.82) is 0 Å². The van der Waals surface area contributed by atoms with Crippen LogP contribution in [0, 0.1) is 17.8 Å². The number of fused-ring (bicyclic) bond motifs is 1. The van der Waals surface area contributed by atoms with Gasteiger partial charge in [0.2, 0.25) is 0 Å². The van der Waals surface area contributed by atoms with Crippen LogP contribution in [-0.4, -0.2) is 34.5 Å². The summed E-state index contributed by atoms with van der Waals surface area (Å²) in [6.07, 6.45) is 3.03. The number of aliphatic hydroxyl groups is 2. The topological polar surface area (TPSA) is 66.8 Å². The highest BCUT2D eigenvalue weighted by atomic mass is 16.6. The normalized spacial score (nSPS) is 40.2. The zero-order valence-corrected chi connectivity index (χ0v) is 11.9. The number of hydrogen-bond donors (Lipinski definition) is 2. The minimum atomic E-state index is -0.438. The molecular formula is C15H24O4. The lowest BCUT2D eigenvalue weighted by atomic mass is 9.86. The molecular weight excluding hydrogens is 244 g/mol. The first-order chi connectivity index (χ1) is 8.90. The summed E-state index contributed by atoms with van der Waals surface area (Å²) < 4.78 is 5.40. The maximum Gasteiger partial charge on any atom is 0.309 e. The van der Waals surface area contributed by atoms with Crippen LogP contribution in [0.2, 0.25) is 0 Å². The van der Waals surface area contributed by atoms with Crippen LogP contribution in [0.4, 0.5) is 0 Å². The molecule has 0 aromatic rings. The molecule has 1 heterocycles. The molecule has 2 rings (SSSR count). The molecule has 4 heteroatoms. The van der Waals surface area contributed by atoms with E-state index in [0.717, 1.165) is 12.0 Å². The van der Waals surface area contributed by atoms with Crippen molar-refractivity contribution in [3.05, 3.63) is 11.6 Å². The highest BCUT2D eigenvalue weighted by molar-refractivity contribution is 5.75. The van der Waals surface area contributed by atoms with Crippen LogP contribution in [0.3, 0.4) is 0 Å². The van der Waals surface area contributed by atoms with Gasteiger partial charge in [-0.2, -0.15) is 0 Å². The number of hydrogen-bond acceptors (Lipinski definition) is 4. The molecule has 0 aromatic heterocycles. The fourth-order valence-corrected chi connectivity index (χ4v) is 3.06. The lowest BCUT2D eigenvalue weighted by Gasteiger charge is -2.22. The average molecular weight is 268 g/mol. The van der Waals surface area contributed by atoms with Crippen molar-refractivity contribution in [2.45, 2.75) is 58.3 Å². The van der Waals surface area contributed by atoms with Gasteiger partial charge in [-0.1, -0.05) is 19.4 Å². The van der Waals surface area contributed by atoms with E-state index in [1.807, 2.05) is 19.9 Å². The Morgan fingerprint density at radius 2 is 2.11 bits per heavy atom. The molecule has 0 spiro atoms. The summed E-state index contributed by atoms with van der Waals surface area (Å²) in [5, 5.41) is 19.7. The lowest BCUT2D eigenvalue weighted by molar-refractivity contribution is -0.142. The molecule has 6 atom stereocenters. The molecule has 0 saturated carbocycles. The molecule has 0 amide bonds. The quantitative estimate of drug-likeness (QED) is 0.603. The zero-order chi connectivity index (χ0) is 14.2. The van der Waals surface area contributed by atoms with Crippen LogP contribution < -0.4 is 0 Å². The van der Waals surface area contributed by atoms with Crippen molar-refractivity contribution >= 4 is 5.97 Å². The number of rotatable bonds is 3. The van der Waals surface area contributed by atoms with Crippen molar-refractivity contribution in [3.63, 3.8) is 0 Å². The van der Waals surface area contributed by atoms with Gasteiger partial charge < -0.3 is 14.9 Å². The molecule has 108 valence electrons. The molecule has 1 saturated heterocycles. The summed E-state index contributed by atoms with van der Waals surface area (Å²) in [6.45, 7) is 5.64. The fourth-order valence-electron chi connectivity index (χ4n) is 3.06. The van der Waals surface area contributed by atoms with Gasteiger partial charge >= 0.3 is 5.97 Å². The summed E-state index contributed by atoms with van der Waals surface area (Å²) in [4.78, 5) is 11.6. The van der Waals surface area contributed by atoms with Crippen LogP contribution in [-0.2, 0) is 9.53 Å². The van der Waals surface area contributed by atoms with Crippen LogP contribution in [0.1, 0.15) is 40.0 Å². The molecule has 0 unspecified atom stereocenters. The third-order valence-electron chi connectivity index (χ3n) is 4.59. The van der Waals surface area contributed by atoms with E-state index in [2.05, 4.69) is 0 Å².